The van der Waals surface area contributed by atoms with E-state index in [1.54, 1.807) is 0 Å². The maximum Gasteiger partial charge on any atom is -0.0195 e. The highest BCUT2D eigenvalue weighted by Crippen LogP contribution is 2.17. The molecule has 0 heterocycles. The van der Waals surface area contributed by atoms with Gasteiger partial charge in [0.1, 0.15) is 0 Å². The Bertz CT molecular complexity index is 382. The minimum Gasteiger partial charge on any atom is -0.333 e. The van der Waals surface area contributed by atoms with Crippen molar-refractivity contribution in [2.75, 3.05) is 7.05 Å². The lowest BCUT2D eigenvalue weighted by molar-refractivity contribution is 1.48. The van der Waals surface area contributed by atoms with Gasteiger partial charge in [0.2, 0.25) is 0 Å². The van der Waals surface area contributed by atoms with Crippen molar-refractivity contribution in [2.24, 2.45) is 5.73 Å². The second-order valence-corrected chi connectivity index (χ2v) is 5.32. The Hall–Kier alpha value is -1.30. The lowest BCUT2D eigenvalue weighted by Crippen LogP contribution is -2.05. The zero-order chi connectivity index (χ0) is 11.8. The van der Waals surface area contributed by atoms with Crippen molar-refractivity contribution in [3.05, 3.63) is 60.7 Å². The van der Waals surface area contributed by atoms with Crippen LogP contribution in [0.1, 0.15) is 0 Å². The Morgan fingerprint density at radius 3 is 1.38 bits per heavy atom. The van der Waals surface area contributed by atoms with E-state index in [0.29, 0.717) is 0 Å². The van der Waals surface area contributed by atoms with Crippen LogP contribution < -0.4 is 16.3 Å². The van der Waals surface area contributed by atoms with Crippen LogP contribution in [-0.2, 0) is 0 Å². The molecule has 16 heavy (non-hydrogen) atoms. The van der Waals surface area contributed by atoms with E-state index < -0.39 is 7.55 Å². The topological polar surface area (TPSA) is 26.0 Å². The summed E-state index contributed by atoms with van der Waals surface area (Å²) in [5, 5.41) is 2.73. The Morgan fingerprint density at radius 1 is 0.750 bits per heavy atom. The third kappa shape index (κ3) is 3.37. The first-order valence-corrected chi connectivity index (χ1v) is 6.96. The van der Waals surface area contributed by atoms with Crippen molar-refractivity contribution in [1.29, 1.82) is 0 Å². The quantitative estimate of drug-likeness (QED) is 0.784. The molecule has 0 unspecified atom stereocenters. The third-order valence-corrected chi connectivity index (χ3v) is 4.31. The molecule has 0 aliphatic rings. The van der Waals surface area contributed by atoms with E-state index in [1.807, 2.05) is 12.1 Å². The maximum atomic E-state index is 4.50. The fraction of sp³-hybridized carbons (Fsp3) is 0.0714. The summed E-state index contributed by atoms with van der Waals surface area (Å²) >= 11 is 0. The molecule has 2 heteroatoms. The van der Waals surface area contributed by atoms with Gasteiger partial charge >= 0.3 is 0 Å². The molecular weight excluding hydrogens is 213 g/mol. The summed E-state index contributed by atoms with van der Waals surface area (Å²) in [7, 11) is 0.705. The fourth-order valence-corrected chi connectivity index (χ4v) is 2.97. The highest BCUT2D eigenvalue weighted by atomic mass is 31.1. The predicted molar refractivity (Wildman–Crippen MR) is 77.7 cm³/mol. The number of benzene rings is 2. The molecule has 84 valence electrons. The van der Waals surface area contributed by atoms with Gasteiger partial charge in [-0.1, -0.05) is 74.5 Å². The highest BCUT2D eigenvalue weighted by molar-refractivity contribution is 7.70. The first-order valence-electron chi connectivity index (χ1n) is 5.25. The lowest BCUT2D eigenvalue weighted by atomic mass is 10.4. The minimum atomic E-state index is -0.795. The van der Waals surface area contributed by atoms with Crippen molar-refractivity contribution in [3.63, 3.8) is 0 Å². The molecule has 0 saturated carbocycles. The SMILES string of the molecule is C=[PH](c1ccccc1)c1ccccc1.CN. The van der Waals surface area contributed by atoms with Crippen LogP contribution in [0.3, 0.4) is 0 Å². The monoisotopic (exact) mass is 231 g/mol. The molecule has 0 aliphatic carbocycles. The average Bonchev–Trinajstić information content (AvgIpc) is 2.42. The zero-order valence-electron chi connectivity index (χ0n) is 9.56. The molecule has 2 N–H and O–H groups in total. The number of rotatable bonds is 2. The Morgan fingerprint density at radius 2 is 1.06 bits per heavy atom. The van der Waals surface area contributed by atoms with Crippen molar-refractivity contribution in [3.8, 4) is 0 Å². The summed E-state index contributed by atoms with van der Waals surface area (Å²) in [4.78, 5) is 0. The summed E-state index contributed by atoms with van der Waals surface area (Å²) < 4.78 is 0. The van der Waals surface area contributed by atoms with Crippen LogP contribution in [0.15, 0.2) is 60.7 Å². The van der Waals surface area contributed by atoms with Crippen LogP contribution in [0, 0.1) is 0 Å². The molecule has 0 atom stereocenters. The van der Waals surface area contributed by atoms with Crippen LogP contribution in [0.5, 0.6) is 0 Å². The molecule has 2 aromatic rings. The lowest BCUT2D eigenvalue weighted by Gasteiger charge is -2.06. The fourth-order valence-electron chi connectivity index (χ4n) is 1.45. The highest BCUT2D eigenvalue weighted by Gasteiger charge is 1.97. The van der Waals surface area contributed by atoms with Crippen LogP contribution in [0.25, 0.3) is 0 Å². The molecule has 2 aromatic carbocycles. The molecule has 0 aromatic heterocycles. The molecule has 0 spiro atoms. The smallest absolute Gasteiger partial charge is 0.0195 e. The molecule has 0 amide bonds. The van der Waals surface area contributed by atoms with Crippen molar-refractivity contribution >= 4 is 24.5 Å². The van der Waals surface area contributed by atoms with Gasteiger partial charge in [0.25, 0.3) is 0 Å². The maximum absolute atomic E-state index is 4.50. The van der Waals surface area contributed by atoms with Gasteiger partial charge in [0, 0.05) is 0 Å². The second-order valence-electron chi connectivity index (χ2n) is 3.21. The third-order valence-electron chi connectivity index (χ3n) is 2.24. The minimum absolute atomic E-state index is 0.795. The summed E-state index contributed by atoms with van der Waals surface area (Å²) in [6.07, 6.45) is 4.28. The second kappa shape index (κ2) is 7.05. The molecule has 0 bridgehead atoms. The van der Waals surface area contributed by atoms with Crippen LogP contribution in [0.2, 0.25) is 0 Å². The summed E-state index contributed by atoms with van der Waals surface area (Å²) in [5.74, 6) is 0. The van der Waals surface area contributed by atoms with E-state index in [2.05, 4.69) is 60.6 Å². The summed E-state index contributed by atoms with van der Waals surface area (Å²) in [6, 6.07) is 21.0. The number of hydrogen-bond donors (Lipinski definition) is 1. The standard InChI is InChI=1S/C13H13P.CH5N/c1-14(12-8-4-2-5-9-12)13-10-6-3-7-11-13;1-2/h2-11,14H,1H2;2H2,1H3. The van der Waals surface area contributed by atoms with Crippen molar-refractivity contribution in [2.45, 2.75) is 0 Å². The van der Waals surface area contributed by atoms with E-state index in [0.717, 1.165) is 0 Å². The van der Waals surface area contributed by atoms with Gasteiger partial charge in [-0.25, -0.2) is 0 Å². The van der Waals surface area contributed by atoms with E-state index in [9.17, 15) is 0 Å². The van der Waals surface area contributed by atoms with Crippen molar-refractivity contribution < 1.29 is 0 Å². The van der Waals surface area contributed by atoms with Crippen LogP contribution >= 0.6 is 7.55 Å². The predicted octanol–water partition coefficient (Wildman–Crippen LogP) is 1.86. The van der Waals surface area contributed by atoms with Gasteiger partial charge in [0.05, 0.1) is 0 Å². The first-order chi connectivity index (χ1) is 7.88. The molecule has 0 saturated heterocycles. The van der Waals surface area contributed by atoms with Gasteiger partial charge < -0.3 is 5.73 Å². The Balaban J connectivity index is 0.000000606. The molecule has 0 aliphatic heterocycles. The Labute approximate surface area is 98.3 Å². The van der Waals surface area contributed by atoms with E-state index in [4.69, 9.17) is 0 Å². The van der Waals surface area contributed by atoms with E-state index in [1.165, 1.54) is 17.7 Å². The molecule has 1 nitrogen and oxygen atoms in total. The van der Waals surface area contributed by atoms with Gasteiger partial charge in [-0.2, -0.15) is 0 Å². The first kappa shape index (κ1) is 12.8. The number of nitrogens with two attached hydrogens (primary N) is 1. The largest absolute Gasteiger partial charge is 0.333 e. The molecule has 2 rings (SSSR count). The molecule has 0 fully saturated rings. The molecule has 0 radical (unpaired) electrons. The zero-order valence-corrected chi connectivity index (χ0v) is 10.6. The van der Waals surface area contributed by atoms with Crippen LogP contribution in [-0.4, -0.2) is 13.3 Å². The van der Waals surface area contributed by atoms with Gasteiger partial charge in [-0.3, -0.25) is 0 Å². The van der Waals surface area contributed by atoms with Gasteiger partial charge in [-0.05, 0) is 17.7 Å². The van der Waals surface area contributed by atoms with Crippen LogP contribution in [0.4, 0.5) is 0 Å². The summed E-state index contributed by atoms with van der Waals surface area (Å²) in [6.45, 7) is 0. The number of hydrogen-bond acceptors (Lipinski definition) is 1. The molecular formula is C14H18NP. The van der Waals surface area contributed by atoms with E-state index in [-0.39, 0.29) is 0 Å². The summed E-state index contributed by atoms with van der Waals surface area (Å²) in [5.41, 5.74) is 4.50. The normalized spacial score (nSPS) is 9.44. The van der Waals surface area contributed by atoms with Crippen molar-refractivity contribution in [1.82, 2.24) is 0 Å². The van der Waals surface area contributed by atoms with Gasteiger partial charge in [0.15, 0.2) is 0 Å². The average molecular weight is 231 g/mol. The van der Waals surface area contributed by atoms with Gasteiger partial charge in [-0.15, -0.1) is 0 Å². The Kier molecular flexibility index (Phi) is 5.63. The van der Waals surface area contributed by atoms with E-state index >= 15 is 0 Å².